The summed E-state index contributed by atoms with van der Waals surface area (Å²) >= 11 is 0. The Morgan fingerprint density at radius 1 is 1.19 bits per heavy atom. The van der Waals surface area contributed by atoms with Crippen LogP contribution in [0.2, 0.25) is 0 Å². The molecule has 0 atom stereocenters. The quantitative estimate of drug-likeness (QED) is 0.854. The second-order valence-electron chi connectivity index (χ2n) is 3.37. The number of aliphatic hydroxyl groups is 1. The van der Waals surface area contributed by atoms with Gasteiger partial charge in [-0.3, -0.25) is 4.98 Å². The molecule has 2 rings (SSSR count). The lowest BCUT2D eigenvalue weighted by Gasteiger charge is -2.09. The highest BCUT2D eigenvalue weighted by molar-refractivity contribution is 5.90. The fraction of sp³-hybridized carbons (Fsp3) is 0.250. The molecule has 4 heteroatoms. The first-order valence-corrected chi connectivity index (χ1v) is 4.90. The van der Waals surface area contributed by atoms with Crippen LogP contribution >= 0.6 is 0 Å². The molecule has 0 radical (unpaired) electrons. The summed E-state index contributed by atoms with van der Waals surface area (Å²) in [6.07, 6.45) is 1.63. The number of benzene rings is 1. The molecule has 0 aliphatic heterocycles. The molecule has 0 amide bonds. The number of ether oxygens (including phenoxy) is 2. The van der Waals surface area contributed by atoms with E-state index >= 15 is 0 Å². The Hall–Kier alpha value is -1.81. The molecular formula is C12H13NO3. The van der Waals surface area contributed by atoms with Gasteiger partial charge >= 0.3 is 0 Å². The number of hydrogen-bond acceptors (Lipinski definition) is 4. The molecule has 84 valence electrons. The van der Waals surface area contributed by atoms with Gasteiger partial charge in [0.1, 0.15) is 17.0 Å². The van der Waals surface area contributed by atoms with Gasteiger partial charge in [-0.25, -0.2) is 0 Å². The van der Waals surface area contributed by atoms with Crippen LogP contribution < -0.4 is 9.47 Å². The molecule has 0 aliphatic rings. The van der Waals surface area contributed by atoms with E-state index in [1.807, 2.05) is 18.2 Å². The maximum absolute atomic E-state index is 9.08. The van der Waals surface area contributed by atoms with Crippen molar-refractivity contribution in [2.24, 2.45) is 0 Å². The van der Waals surface area contributed by atoms with Crippen LogP contribution in [-0.4, -0.2) is 24.3 Å². The lowest BCUT2D eigenvalue weighted by Crippen LogP contribution is -1.93. The molecule has 0 saturated heterocycles. The Bertz CT molecular complexity index is 511. The summed E-state index contributed by atoms with van der Waals surface area (Å²) in [5.41, 5.74) is 1.48. The fourth-order valence-electron chi connectivity index (χ4n) is 1.64. The van der Waals surface area contributed by atoms with Crippen molar-refractivity contribution in [3.05, 3.63) is 30.0 Å². The molecule has 1 heterocycles. The number of aromatic nitrogens is 1. The zero-order valence-corrected chi connectivity index (χ0v) is 9.23. The minimum atomic E-state index is -0.0384. The summed E-state index contributed by atoms with van der Waals surface area (Å²) in [7, 11) is 3.20. The molecule has 0 fully saturated rings. The largest absolute Gasteiger partial charge is 0.496 e. The van der Waals surface area contributed by atoms with Crippen LogP contribution in [0.15, 0.2) is 24.4 Å². The topological polar surface area (TPSA) is 51.6 Å². The number of nitrogens with zero attached hydrogens (tertiary/aromatic N) is 1. The number of fused-ring (bicyclic) bond motifs is 1. The SMILES string of the molecule is COc1ccc(OC)c2ncc(CO)cc12. The number of pyridine rings is 1. The normalized spacial score (nSPS) is 10.4. The van der Waals surface area contributed by atoms with Gasteiger partial charge in [0.2, 0.25) is 0 Å². The molecule has 1 N–H and O–H groups in total. The Kier molecular flexibility index (Phi) is 2.92. The first kappa shape index (κ1) is 10.7. The summed E-state index contributed by atoms with van der Waals surface area (Å²) in [6, 6.07) is 5.49. The molecule has 16 heavy (non-hydrogen) atoms. The summed E-state index contributed by atoms with van der Waals surface area (Å²) in [4.78, 5) is 4.27. The average molecular weight is 219 g/mol. The predicted octanol–water partition coefficient (Wildman–Crippen LogP) is 1.74. The number of aliphatic hydroxyl groups excluding tert-OH is 1. The minimum absolute atomic E-state index is 0.0384. The van der Waals surface area contributed by atoms with Gasteiger partial charge in [0.15, 0.2) is 0 Å². The Morgan fingerprint density at radius 3 is 2.50 bits per heavy atom. The molecule has 0 unspecified atom stereocenters. The van der Waals surface area contributed by atoms with Crippen LogP contribution in [0.4, 0.5) is 0 Å². The first-order chi connectivity index (χ1) is 7.80. The van der Waals surface area contributed by atoms with E-state index in [-0.39, 0.29) is 6.61 Å². The van der Waals surface area contributed by atoms with Crippen LogP contribution in [0.3, 0.4) is 0 Å². The van der Waals surface area contributed by atoms with Crippen LogP contribution in [0, 0.1) is 0 Å². The third kappa shape index (κ3) is 1.67. The lowest BCUT2D eigenvalue weighted by atomic mass is 10.1. The minimum Gasteiger partial charge on any atom is -0.496 e. The van der Waals surface area contributed by atoms with Gasteiger partial charge in [0.05, 0.1) is 20.8 Å². The second kappa shape index (κ2) is 4.37. The van der Waals surface area contributed by atoms with Crippen molar-refractivity contribution in [2.75, 3.05) is 14.2 Å². The van der Waals surface area contributed by atoms with Gasteiger partial charge in [-0.15, -0.1) is 0 Å². The van der Waals surface area contributed by atoms with Gasteiger partial charge in [-0.2, -0.15) is 0 Å². The van der Waals surface area contributed by atoms with Crippen molar-refractivity contribution >= 4 is 10.9 Å². The predicted molar refractivity (Wildman–Crippen MR) is 60.8 cm³/mol. The van der Waals surface area contributed by atoms with Crippen LogP contribution in [0.1, 0.15) is 5.56 Å². The maximum atomic E-state index is 9.08. The Balaban J connectivity index is 2.74. The molecule has 2 aromatic rings. The molecular weight excluding hydrogens is 206 g/mol. The highest BCUT2D eigenvalue weighted by atomic mass is 16.5. The lowest BCUT2D eigenvalue weighted by molar-refractivity contribution is 0.281. The second-order valence-corrected chi connectivity index (χ2v) is 3.37. The molecule has 0 bridgehead atoms. The van der Waals surface area contributed by atoms with Gasteiger partial charge in [0.25, 0.3) is 0 Å². The highest BCUT2D eigenvalue weighted by Crippen LogP contribution is 2.31. The summed E-state index contributed by atoms with van der Waals surface area (Å²) in [5, 5.41) is 9.92. The molecule has 4 nitrogen and oxygen atoms in total. The maximum Gasteiger partial charge on any atom is 0.145 e. The van der Waals surface area contributed by atoms with E-state index in [4.69, 9.17) is 14.6 Å². The smallest absolute Gasteiger partial charge is 0.145 e. The van der Waals surface area contributed by atoms with Crippen molar-refractivity contribution in [1.29, 1.82) is 0 Å². The van der Waals surface area contributed by atoms with Crippen LogP contribution in [0.25, 0.3) is 10.9 Å². The molecule has 1 aromatic heterocycles. The molecule has 0 aliphatic carbocycles. The Labute approximate surface area is 93.4 Å². The van der Waals surface area contributed by atoms with Crippen molar-refractivity contribution < 1.29 is 14.6 Å². The summed E-state index contributed by atoms with van der Waals surface area (Å²) in [6.45, 7) is -0.0384. The van der Waals surface area contributed by atoms with Gasteiger partial charge in [-0.1, -0.05) is 0 Å². The average Bonchev–Trinajstić information content (AvgIpc) is 2.36. The van der Waals surface area contributed by atoms with Crippen molar-refractivity contribution in [2.45, 2.75) is 6.61 Å². The standard InChI is InChI=1S/C12H13NO3/c1-15-10-3-4-11(16-2)12-9(10)5-8(7-14)6-13-12/h3-6,14H,7H2,1-2H3. The zero-order chi connectivity index (χ0) is 11.5. The third-order valence-corrected chi connectivity index (χ3v) is 2.45. The third-order valence-electron chi connectivity index (χ3n) is 2.45. The van der Waals surface area contributed by atoms with Crippen molar-refractivity contribution in [1.82, 2.24) is 4.98 Å². The van der Waals surface area contributed by atoms with E-state index in [1.54, 1.807) is 20.4 Å². The van der Waals surface area contributed by atoms with E-state index in [0.29, 0.717) is 5.75 Å². The molecule has 1 aromatic carbocycles. The van der Waals surface area contributed by atoms with E-state index in [0.717, 1.165) is 22.2 Å². The summed E-state index contributed by atoms with van der Waals surface area (Å²) in [5.74, 6) is 1.42. The van der Waals surface area contributed by atoms with E-state index in [2.05, 4.69) is 4.98 Å². The highest BCUT2D eigenvalue weighted by Gasteiger charge is 2.08. The van der Waals surface area contributed by atoms with Crippen LogP contribution in [0.5, 0.6) is 11.5 Å². The van der Waals surface area contributed by atoms with E-state index < -0.39 is 0 Å². The number of methoxy groups -OCH3 is 2. The van der Waals surface area contributed by atoms with E-state index in [9.17, 15) is 0 Å². The van der Waals surface area contributed by atoms with Crippen LogP contribution in [-0.2, 0) is 6.61 Å². The Morgan fingerprint density at radius 2 is 1.88 bits per heavy atom. The van der Waals surface area contributed by atoms with Crippen molar-refractivity contribution in [3.8, 4) is 11.5 Å². The number of hydrogen-bond donors (Lipinski definition) is 1. The van der Waals surface area contributed by atoms with E-state index in [1.165, 1.54) is 0 Å². The van der Waals surface area contributed by atoms with Gasteiger partial charge in [0, 0.05) is 11.6 Å². The monoisotopic (exact) mass is 219 g/mol. The van der Waals surface area contributed by atoms with Gasteiger partial charge < -0.3 is 14.6 Å². The van der Waals surface area contributed by atoms with Crippen molar-refractivity contribution in [3.63, 3.8) is 0 Å². The fourth-order valence-corrected chi connectivity index (χ4v) is 1.64. The zero-order valence-electron chi connectivity index (χ0n) is 9.23. The summed E-state index contributed by atoms with van der Waals surface area (Å²) < 4.78 is 10.5. The first-order valence-electron chi connectivity index (χ1n) is 4.90. The van der Waals surface area contributed by atoms with Gasteiger partial charge in [-0.05, 0) is 23.8 Å². The number of rotatable bonds is 3. The molecule has 0 spiro atoms. The molecule has 0 saturated carbocycles.